The maximum absolute atomic E-state index is 11.5. The number of hydrogen-bond donors (Lipinski definition) is 1. The fraction of sp³-hybridized carbons (Fsp3) is 0.778. The first-order valence-electron chi connectivity index (χ1n) is 8.58. The number of unbranched alkanes of at least 4 members (excludes halogenated alkanes) is 9. The number of carboxylic acids is 1. The maximum Gasteiger partial charge on any atom is 0.303 e. The highest BCUT2D eigenvalue weighted by Gasteiger charge is 1.97. The van der Waals surface area contributed by atoms with Gasteiger partial charge in [0.2, 0.25) is 0 Å². The van der Waals surface area contributed by atoms with Crippen LogP contribution in [0, 0.1) is 0 Å². The quantitative estimate of drug-likeness (QED) is 0.330. The van der Waals surface area contributed by atoms with E-state index in [4.69, 9.17) is 5.11 Å². The average Bonchev–Trinajstić information content (AvgIpc) is 2.44. The number of carbonyl (C=O) groups excluding carboxylic acids is 1. The van der Waals surface area contributed by atoms with Crippen molar-refractivity contribution in [2.24, 2.45) is 0 Å². The largest absolute Gasteiger partial charge is 0.481 e. The normalized spacial score (nSPS) is 11.1. The monoisotopic (exact) mass is 296 g/mol. The lowest BCUT2D eigenvalue weighted by Crippen LogP contribution is -1.93. The Kier molecular flexibility index (Phi) is 14.5. The second-order valence-corrected chi connectivity index (χ2v) is 5.73. The number of ketones is 1. The van der Waals surface area contributed by atoms with Crippen molar-refractivity contribution in [1.82, 2.24) is 0 Å². The van der Waals surface area contributed by atoms with E-state index in [1.54, 1.807) is 6.08 Å². The lowest BCUT2D eigenvalue weighted by atomic mass is 10.1. The van der Waals surface area contributed by atoms with Gasteiger partial charge in [-0.1, -0.05) is 57.9 Å². The number of allylic oxidation sites excluding steroid dienone is 2. The Morgan fingerprint density at radius 1 is 0.810 bits per heavy atom. The molecule has 0 amide bonds. The molecule has 0 unspecified atom stereocenters. The van der Waals surface area contributed by atoms with Crippen molar-refractivity contribution >= 4 is 11.8 Å². The molecule has 3 nitrogen and oxygen atoms in total. The number of hydrogen-bond acceptors (Lipinski definition) is 2. The van der Waals surface area contributed by atoms with Crippen LogP contribution in [0.3, 0.4) is 0 Å². The van der Waals surface area contributed by atoms with Crippen LogP contribution < -0.4 is 0 Å². The van der Waals surface area contributed by atoms with Gasteiger partial charge in [-0.2, -0.15) is 0 Å². The van der Waals surface area contributed by atoms with Crippen LogP contribution in [0.2, 0.25) is 0 Å². The van der Waals surface area contributed by atoms with Gasteiger partial charge in [-0.05, 0) is 31.8 Å². The maximum atomic E-state index is 11.5. The van der Waals surface area contributed by atoms with Gasteiger partial charge in [0.25, 0.3) is 0 Å². The average molecular weight is 296 g/mol. The highest BCUT2D eigenvalue weighted by Crippen LogP contribution is 2.10. The molecule has 0 fully saturated rings. The summed E-state index contributed by atoms with van der Waals surface area (Å²) in [6, 6.07) is 0. The molecule has 0 aliphatic carbocycles. The van der Waals surface area contributed by atoms with Gasteiger partial charge < -0.3 is 5.11 Å². The van der Waals surface area contributed by atoms with Crippen LogP contribution in [-0.4, -0.2) is 16.9 Å². The molecule has 0 aromatic rings. The van der Waals surface area contributed by atoms with Crippen LogP contribution in [0.4, 0.5) is 0 Å². The zero-order chi connectivity index (χ0) is 15.8. The van der Waals surface area contributed by atoms with E-state index in [0.717, 1.165) is 51.4 Å². The van der Waals surface area contributed by atoms with Crippen LogP contribution >= 0.6 is 0 Å². The highest BCUT2D eigenvalue weighted by molar-refractivity contribution is 5.89. The fourth-order valence-corrected chi connectivity index (χ4v) is 2.27. The molecule has 0 rings (SSSR count). The third kappa shape index (κ3) is 16.8. The third-order valence-corrected chi connectivity index (χ3v) is 3.59. The molecule has 0 spiro atoms. The van der Waals surface area contributed by atoms with Crippen LogP contribution in [-0.2, 0) is 9.59 Å². The molecular formula is C18H32O3. The van der Waals surface area contributed by atoms with Crippen molar-refractivity contribution in [3.63, 3.8) is 0 Å². The Balaban J connectivity index is 3.24. The number of carboxylic acid groups (broad SMARTS) is 1. The first-order chi connectivity index (χ1) is 10.2. The summed E-state index contributed by atoms with van der Waals surface area (Å²) in [6.07, 6.45) is 16.8. The summed E-state index contributed by atoms with van der Waals surface area (Å²) in [7, 11) is 0. The minimum Gasteiger partial charge on any atom is -0.481 e. The predicted octanol–water partition coefficient (Wildman–Crippen LogP) is 5.29. The smallest absolute Gasteiger partial charge is 0.303 e. The van der Waals surface area contributed by atoms with Gasteiger partial charge >= 0.3 is 5.97 Å². The van der Waals surface area contributed by atoms with Crippen LogP contribution in [0.1, 0.15) is 90.4 Å². The van der Waals surface area contributed by atoms with Gasteiger partial charge in [0, 0.05) is 12.8 Å². The lowest BCUT2D eigenvalue weighted by molar-refractivity contribution is -0.137. The molecule has 0 radical (unpaired) electrons. The van der Waals surface area contributed by atoms with E-state index in [2.05, 4.69) is 6.92 Å². The van der Waals surface area contributed by atoms with E-state index >= 15 is 0 Å². The van der Waals surface area contributed by atoms with Gasteiger partial charge in [0.1, 0.15) is 0 Å². The van der Waals surface area contributed by atoms with Crippen molar-refractivity contribution < 1.29 is 14.7 Å². The molecule has 0 bridgehead atoms. The van der Waals surface area contributed by atoms with Gasteiger partial charge in [-0.15, -0.1) is 0 Å². The molecule has 0 saturated heterocycles. The molecule has 0 heterocycles. The summed E-state index contributed by atoms with van der Waals surface area (Å²) in [4.78, 5) is 21.8. The third-order valence-electron chi connectivity index (χ3n) is 3.59. The SMILES string of the molecule is CCCCCC(=O)/C=C/CCCCCCCCCC(=O)O. The first kappa shape index (κ1) is 19.9. The van der Waals surface area contributed by atoms with E-state index < -0.39 is 5.97 Å². The lowest BCUT2D eigenvalue weighted by Gasteiger charge is -2.00. The zero-order valence-corrected chi connectivity index (χ0v) is 13.6. The Hall–Kier alpha value is -1.12. The minimum absolute atomic E-state index is 0.266. The van der Waals surface area contributed by atoms with Gasteiger partial charge in [0.05, 0.1) is 0 Å². The van der Waals surface area contributed by atoms with Crippen molar-refractivity contribution in [2.45, 2.75) is 90.4 Å². The van der Waals surface area contributed by atoms with Crippen LogP contribution in [0.25, 0.3) is 0 Å². The van der Waals surface area contributed by atoms with Crippen molar-refractivity contribution in [1.29, 1.82) is 0 Å². The minimum atomic E-state index is -0.689. The summed E-state index contributed by atoms with van der Waals surface area (Å²) >= 11 is 0. The zero-order valence-electron chi connectivity index (χ0n) is 13.6. The summed E-state index contributed by atoms with van der Waals surface area (Å²) in [5, 5.41) is 8.51. The highest BCUT2D eigenvalue weighted by atomic mass is 16.4. The second kappa shape index (κ2) is 15.3. The molecule has 1 N–H and O–H groups in total. The second-order valence-electron chi connectivity index (χ2n) is 5.73. The summed E-state index contributed by atoms with van der Waals surface area (Å²) in [5.41, 5.74) is 0. The fourth-order valence-electron chi connectivity index (χ4n) is 2.27. The summed E-state index contributed by atoms with van der Waals surface area (Å²) in [5.74, 6) is -0.423. The molecule has 0 aliphatic rings. The summed E-state index contributed by atoms with van der Waals surface area (Å²) < 4.78 is 0. The molecule has 0 saturated carbocycles. The summed E-state index contributed by atoms with van der Waals surface area (Å²) in [6.45, 7) is 2.15. The van der Waals surface area contributed by atoms with Gasteiger partial charge in [0.15, 0.2) is 5.78 Å². The van der Waals surface area contributed by atoms with E-state index in [1.807, 2.05) is 6.08 Å². The van der Waals surface area contributed by atoms with E-state index in [0.29, 0.717) is 12.8 Å². The molecule has 3 heteroatoms. The van der Waals surface area contributed by atoms with E-state index in [1.165, 1.54) is 19.3 Å². The molecular weight excluding hydrogens is 264 g/mol. The number of aliphatic carboxylic acids is 1. The topological polar surface area (TPSA) is 54.4 Å². The van der Waals surface area contributed by atoms with Gasteiger partial charge in [-0.25, -0.2) is 0 Å². The Labute approximate surface area is 129 Å². The van der Waals surface area contributed by atoms with Crippen molar-refractivity contribution in [2.75, 3.05) is 0 Å². The Bertz CT molecular complexity index is 295. The molecule has 21 heavy (non-hydrogen) atoms. The van der Waals surface area contributed by atoms with Crippen LogP contribution in [0.15, 0.2) is 12.2 Å². The molecule has 122 valence electrons. The number of rotatable bonds is 15. The Morgan fingerprint density at radius 3 is 2.00 bits per heavy atom. The van der Waals surface area contributed by atoms with E-state index in [-0.39, 0.29) is 5.78 Å². The predicted molar refractivity (Wildman–Crippen MR) is 87.5 cm³/mol. The molecule has 0 aromatic heterocycles. The number of carbonyl (C=O) groups is 2. The van der Waals surface area contributed by atoms with Crippen molar-refractivity contribution in [3.8, 4) is 0 Å². The van der Waals surface area contributed by atoms with E-state index in [9.17, 15) is 9.59 Å². The van der Waals surface area contributed by atoms with Crippen LogP contribution in [0.5, 0.6) is 0 Å². The standard InChI is InChI=1S/C18H32O3/c1-2-3-11-14-17(19)15-12-9-7-5-4-6-8-10-13-16-18(20)21/h12,15H,2-11,13-14,16H2,1H3,(H,20,21)/b15-12+. The molecule has 0 aliphatic heterocycles. The molecule has 0 atom stereocenters. The molecule has 0 aromatic carbocycles. The van der Waals surface area contributed by atoms with Gasteiger partial charge in [-0.3, -0.25) is 9.59 Å². The Morgan fingerprint density at radius 2 is 1.38 bits per heavy atom. The first-order valence-corrected chi connectivity index (χ1v) is 8.58. The van der Waals surface area contributed by atoms with Crippen molar-refractivity contribution in [3.05, 3.63) is 12.2 Å².